The molecule has 5 nitrogen and oxygen atoms in total. The number of amides is 1. The highest BCUT2D eigenvalue weighted by atomic mass is 19.4. The Labute approximate surface area is 144 Å². The summed E-state index contributed by atoms with van der Waals surface area (Å²) in [7, 11) is 1.54. The summed E-state index contributed by atoms with van der Waals surface area (Å²) < 4.78 is 41.8. The minimum Gasteiger partial charge on any atom is -0.484 e. The van der Waals surface area contributed by atoms with Crippen LogP contribution in [0.5, 0.6) is 5.75 Å². The Bertz CT molecular complexity index is 581. The number of carbonyl (C=O) groups excluding carboxylic acids is 1. The molecule has 1 aromatic rings. The quantitative estimate of drug-likeness (QED) is 0.780. The smallest absolute Gasteiger partial charge is 0.422 e. The third-order valence-electron chi connectivity index (χ3n) is 4.17. The van der Waals surface area contributed by atoms with Crippen molar-refractivity contribution in [3.8, 4) is 5.75 Å². The van der Waals surface area contributed by atoms with E-state index in [1.54, 1.807) is 25.2 Å². The van der Waals surface area contributed by atoms with Gasteiger partial charge in [-0.25, -0.2) is 0 Å². The molecule has 1 heterocycles. The number of benzene rings is 1. The summed E-state index contributed by atoms with van der Waals surface area (Å²) in [4.78, 5) is 13.9. The van der Waals surface area contributed by atoms with Crippen LogP contribution in [-0.2, 0) is 4.79 Å². The second kappa shape index (κ2) is 8.53. The molecule has 0 radical (unpaired) electrons. The lowest BCUT2D eigenvalue weighted by atomic mass is 9.94. The average Bonchev–Trinajstić information content (AvgIpc) is 2.97. The number of aliphatic hydroxyl groups is 1. The number of β-amino-alcohol motifs (C(OH)–C–C–N with tert-alkyl or cyclic N) is 1. The predicted molar refractivity (Wildman–Crippen MR) is 86.5 cm³/mol. The minimum atomic E-state index is -4.40. The van der Waals surface area contributed by atoms with Crippen molar-refractivity contribution in [3.05, 3.63) is 29.8 Å². The van der Waals surface area contributed by atoms with E-state index in [-0.39, 0.29) is 30.1 Å². The molecular weight excluding hydrogens is 337 g/mol. The number of nitrogens with one attached hydrogen (secondary N) is 1. The van der Waals surface area contributed by atoms with Crippen molar-refractivity contribution in [2.45, 2.75) is 31.0 Å². The van der Waals surface area contributed by atoms with E-state index in [0.717, 1.165) is 12.1 Å². The Balaban J connectivity index is 2.10. The number of aliphatic hydroxyl groups excluding tert-OH is 1. The molecular formula is C17H23F3N2O3. The first-order valence-electron chi connectivity index (χ1n) is 8.17. The van der Waals surface area contributed by atoms with Crippen LogP contribution >= 0.6 is 0 Å². The molecule has 2 N–H and O–H groups in total. The van der Waals surface area contributed by atoms with Gasteiger partial charge in [0.15, 0.2) is 6.61 Å². The molecule has 0 aliphatic carbocycles. The summed E-state index contributed by atoms with van der Waals surface area (Å²) >= 11 is 0. The van der Waals surface area contributed by atoms with Gasteiger partial charge in [0.25, 0.3) is 0 Å². The van der Waals surface area contributed by atoms with Gasteiger partial charge in [-0.05, 0) is 24.1 Å². The van der Waals surface area contributed by atoms with Crippen LogP contribution in [0.3, 0.4) is 0 Å². The number of alkyl halides is 3. The van der Waals surface area contributed by atoms with Gasteiger partial charge in [0.05, 0.1) is 6.10 Å². The van der Waals surface area contributed by atoms with E-state index >= 15 is 0 Å². The van der Waals surface area contributed by atoms with Crippen molar-refractivity contribution in [2.24, 2.45) is 0 Å². The van der Waals surface area contributed by atoms with Gasteiger partial charge >= 0.3 is 6.18 Å². The Hall–Kier alpha value is -1.80. The summed E-state index contributed by atoms with van der Waals surface area (Å²) in [6.07, 6.45) is -3.88. The first-order valence-corrected chi connectivity index (χ1v) is 8.17. The molecule has 140 valence electrons. The zero-order valence-corrected chi connectivity index (χ0v) is 14.1. The monoisotopic (exact) mass is 360 g/mol. The van der Waals surface area contributed by atoms with Gasteiger partial charge in [0, 0.05) is 39.0 Å². The van der Waals surface area contributed by atoms with E-state index in [4.69, 9.17) is 4.74 Å². The van der Waals surface area contributed by atoms with Crippen molar-refractivity contribution < 1.29 is 27.8 Å². The number of rotatable bonds is 7. The van der Waals surface area contributed by atoms with Crippen LogP contribution in [0.25, 0.3) is 0 Å². The van der Waals surface area contributed by atoms with Crippen molar-refractivity contribution in [2.75, 3.05) is 33.3 Å². The molecule has 1 amide bonds. The molecule has 1 saturated heterocycles. The number of hydrogen-bond acceptors (Lipinski definition) is 4. The lowest BCUT2D eigenvalue weighted by Crippen LogP contribution is -2.30. The first kappa shape index (κ1) is 19.5. The lowest BCUT2D eigenvalue weighted by molar-refractivity contribution is -0.153. The van der Waals surface area contributed by atoms with Crippen LogP contribution in [0.1, 0.15) is 24.3 Å². The van der Waals surface area contributed by atoms with Crippen LogP contribution in [0, 0.1) is 0 Å². The van der Waals surface area contributed by atoms with Crippen molar-refractivity contribution in [3.63, 3.8) is 0 Å². The van der Waals surface area contributed by atoms with Crippen LogP contribution in [0.4, 0.5) is 13.2 Å². The molecule has 1 aromatic carbocycles. The molecule has 8 heteroatoms. The van der Waals surface area contributed by atoms with Gasteiger partial charge < -0.3 is 20.1 Å². The predicted octanol–water partition coefficient (Wildman–Crippen LogP) is 1.91. The maximum absolute atomic E-state index is 12.3. The average molecular weight is 360 g/mol. The number of likely N-dealkylation sites (tertiary alicyclic amines) is 1. The molecule has 0 saturated carbocycles. The summed E-state index contributed by atoms with van der Waals surface area (Å²) in [6, 6.07) is 6.41. The summed E-state index contributed by atoms with van der Waals surface area (Å²) in [5, 5.41) is 12.2. The molecule has 1 aliphatic rings. The van der Waals surface area contributed by atoms with Gasteiger partial charge in [-0.1, -0.05) is 12.1 Å². The van der Waals surface area contributed by atoms with Crippen LogP contribution in [0.15, 0.2) is 24.3 Å². The van der Waals surface area contributed by atoms with Gasteiger partial charge in [-0.2, -0.15) is 13.2 Å². The van der Waals surface area contributed by atoms with Crippen molar-refractivity contribution in [1.29, 1.82) is 0 Å². The number of nitrogens with zero attached hydrogens (tertiary/aromatic N) is 1. The molecule has 1 fully saturated rings. The zero-order valence-electron chi connectivity index (χ0n) is 14.1. The highest BCUT2D eigenvalue weighted by Crippen LogP contribution is 2.27. The first-order chi connectivity index (χ1) is 11.8. The minimum absolute atomic E-state index is 0.123. The molecule has 0 bridgehead atoms. The fraction of sp³-hybridized carbons (Fsp3) is 0.588. The van der Waals surface area contributed by atoms with E-state index in [2.05, 4.69) is 10.2 Å². The fourth-order valence-electron chi connectivity index (χ4n) is 2.93. The largest absolute Gasteiger partial charge is 0.484 e. The number of halogens is 3. The molecule has 2 atom stereocenters. The number of ether oxygens (including phenoxy) is 1. The molecule has 0 aromatic heterocycles. The summed E-state index contributed by atoms with van der Waals surface area (Å²) in [5.41, 5.74) is 0.740. The van der Waals surface area contributed by atoms with Gasteiger partial charge in [-0.15, -0.1) is 0 Å². The maximum atomic E-state index is 12.3. The number of hydrogen-bond donors (Lipinski definition) is 2. The molecule has 1 aliphatic heterocycles. The summed E-state index contributed by atoms with van der Waals surface area (Å²) in [6.45, 7) is 0.465. The Morgan fingerprint density at radius 1 is 1.48 bits per heavy atom. The Kier molecular flexibility index (Phi) is 6.66. The standard InChI is InChI=1S/C17H23F3N2O3/c1-21-16(24)8-13(9-22-6-5-14(23)10-22)12-3-2-4-15(7-12)25-11-17(18,19)20/h2-4,7,13-14,23H,5-6,8-11H2,1H3,(H,21,24)/t13-,14+/m1/s1. The van der Waals surface area contributed by atoms with Crippen LogP contribution < -0.4 is 10.1 Å². The van der Waals surface area contributed by atoms with Gasteiger partial charge in [0.1, 0.15) is 5.75 Å². The highest BCUT2D eigenvalue weighted by molar-refractivity contribution is 5.76. The van der Waals surface area contributed by atoms with Gasteiger partial charge in [-0.3, -0.25) is 4.79 Å². The third kappa shape index (κ3) is 6.55. The normalized spacial score (nSPS) is 19.6. The van der Waals surface area contributed by atoms with Crippen molar-refractivity contribution in [1.82, 2.24) is 10.2 Å². The maximum Gasteiger partial charge on any atom is 0.422 e. The zero-order chi connectivity index (χ0) is 18.4. The lowest BCUT2D eigenvalue weighted by Gasteiger charge is -2.24. The van der Waals surface area contributed by atoms with E-state index in [1.165, 1.54) is 6.07 Å². The highest BCUT2D eigenvalue weighted by Gasteiger charge is 2.29. The van der Waals surface area contributed by atoms with Gasteiger partial charge in [0.2, 0.25) is 5.91 Å². The second-order valence-corrected chi connectivity index (χ2v) is 6.25. The topological polar surface area (TPSA) is 61.8 Å². The Morgan fingerprint density at radius 2 is 2.24 bits per heavy atom. The third-order valence-corrected chi connectivity index (χ3v) is 4.17. The van der Waals surface area contributed by atoms with E-state index in [1.807, 2.05) is 0 Å². The Morgan fingerprint density at radius 3 is 2.84 bits per heavy atom. The van der Waals surface area contributed by atoms with E-state index in [0.29, 0.717) is 19.5 Å². The molecule has 25 heavy (non-hydrogen) atoms. The molecule has 2 rings (SSSR count). The second-order valence-electron chi connectivity index (χ2n) is 6.25. The summed E-state index contributed by atoms with van der Waals surface area (Å²) in [5.74, 6) is -0.218. The van der Waals surface area contributed by atoms with E-state index < -0.39 is 12.8 Å². The van der Waals surface area contributed by atoms with Crippen molar-refractivity contribution >= 4 is 5.91 Å². The van der Waals surface area contributed by atoms with Crippen LogP contribution in [0.2, 0.25) is 0 Å². The molecule has 0 unspecified atom stereocenters. The number of carbonyl (C=O) groups is 1. The van der Waals surface area contributed by atoms with E-state index in [9.17, 15) is 23.1 Å². The molecule has 0 spiro atoms. The fourth-order valence-corrected chi connectivity index (χ4v) is 2.93. The SMILES string of the molecule is CNC(=O)C[C@H](CN1CC[C@H](O)C1)c1cccc(OCC(F)(F)F)c1. The van der Waals surface area contributed by atoms with Crippen LogP contribution in [-0.4, -0.2) is 61.5 Å².